The number of carbonyl (C=O) groups excluding carboxylic acids is 1. The molecule has 0 radical (unpaired) electrons. The highest BCUT2D eigenvalue weighted by Crippen LogP contribution is 2.27. The number of aromatic nitrogens is 4. The Kier molecular flexibility index (Phi) is 5.73. The topological polar surface area (TPSA) is 67.2 Å². The van der Waals surface area contributed by atoms with E-state index in [9.17, 15) is 9.18 Å². The third kappa shape index (κ3) is 4.16. The molecule has 0 atom stereocenters. The molecule has 0 N–H and O–H groups in total. The zero-order chi connectivity index (χ0) is 22.8. The van der Waals surface area contributed by atoms with E-state index in [0.717, 1.165) is 41.2 Å². The first-order chi connectivity index (χ1) is 16.1. The van der Waals surface area contributed by atoms with Crippen molar-refractivity contribution in [3.63, 3.8) is 0 Å². The van der Waals surface area contributed by atoms with E-state index in [1.165, 1.54) is 12.1 Å². The van der Waals surface area contributed by atoms with Gasteiger partial charge in [-0.3, -0.25) is 4.79 Å². The average Bonchev–Trinajstić information content (AvgIpc) is 3.28. The van der Waals surface area contributed by atoms with Crippen molar-refractivity contribution in [2.75, 3.05) is 31.1 Å². The van der Waals surface area contributed by atoms with E-state index in [1.54, 1.807) is 17.0 Å². The van der Waals surface area contributed by atoms with Gasteiger partial charge in [0, 0.05) is 38.2 Å². The van der Waals surface area contributed by atoms with E-state index in [0.29, 0.717) is 31.7 Å². The quantitative estimate of drug-likeness (QED) is 0.468. The van der Waals surface area contributed by atoms with Crippen molar-refractivity contribution in [1.29, 1.82) is 0 Å². The lowest BCUT2D eigenvalue weighted by Crippen LogP contribution is -2.49. The Balaban J connectivity index is 1.43. The van der Waals surface area contributed by atoms with Gasteiger partial charge in [0.1, 0.15) is 17.5 Å². The van der Waals surface area contributed by atoms with Gasteiger partial charge in [0.2, 0.25) is 0 Å². The van der Waals surface area contributed by atoms with Gasteiger partial charge in [-0.25, -0.2) is 19.0 Å². The fourth-order valence-electron chi connectivity index (χ4n) is 4.20. The molecular weight excluding hydrogens is 419 g/mol. The molecule has 0 spiro atoms. The van der Waals surface area contributed by atoms with Crippen molar-refractivity contribution >= 4 is 22.8 Å². The molecule has 168 valence electrons. The fraction of sp³-hybridized carbons (Fsp3) is 0.280. The number of hydrogen-bond acceptors (Lipinski definition) is 5. The van der Waals surface area contributed by atoms with Gasteiger partial charge in [-0.2, -0.15) is 5.10 Å². The van der Waals surface area contributed by atoms with Gasteiger partial charge in [-0.15, -0.1) is 0 Å². The number of hydrogen-bond donors (Lipinski definition) is 0. The van der Waals surface area contributed by atoms with E-state index in [2.05, 4.69) is 16.9 Å². The summed E-state index contributed by atoms with van der Waals surface area (Å²) in [6, 6.07) is 15.8. The predicted molar refractivity (Wildman–Crippen MR) is 125 cm³/mol. The summed E-state index contributed by atoms with van der Waals surface area (Å²) in [5, 5.41) is 5.49. The van der Waals surface area contributed by atoms with Gasteiger partial charge in [-0.05, 0) is 36.8 Å². The molecule has 1 aliphatic heterocycles. The van der Waals surface area contributed by atoms with E-state index in [4.69, 9.17) is 9.97 Å². The molecule has 4 aromatic rings. The SMILES string of the molecule is CCCc1nc(N2CCN(C(=O)c3cccc(F)c3)CC2)c2cnn(-c3ccccc3)c2n1. The number of aryl methyl sites for hydroxylation is 1. The van der Waals surface area contributed by atoms with Crippen LogP contribution in [0.15, 0.2) is 60.8 Å². The predicted octanol–water partition coefficient (Wildman–Crippen LogP) is 3.87. The third-order valence-electron chi connectivity index (χ3n) is 5.87. The monoisotopic (exact) mass is 444 g/mol. The molecular formula is C25H25FN6O. The summed E-state index contributed by atoms with van der Waals surface area (Å²) in [4.78, 5) is 26.4. The van der Waals surface area contributed by atoms with Crippen molar-refractivity contribution in [3.05, 3.63) is 78.0 Å². The van der Waals surface area contributed by atoms with Crippen molar-refractivity contribution in [3.8, 4) is 5.69 Å². The maximum Gasteiger partial charge on any atom is 0.254 e. The lowest BCUT2D eigenvalue weighted by atomic mass is 10.1. The maximum absolute atomic E-state index is 13.6. The van der Waals surface area contributed by atoms with Crippen LogP contribution in [0.3, 0.4) is 0 Å². The fourth-order valence-corrected chi connectivity index (χ4v) is 4.20. The third-order valence-corrected chi connectivity index (χ3v) is 5.87. The zero-order valence-electron chi connectivity index (χ0n) is 18.5. The molecule has 7 nitrogen and oxygen atoms in total. The first kappa shape index (κ1) is 21.1. The smallest absolute Gasteiger partial charge is 0.254 e. The second kappa shape index (κ2) is 8.97. The molecule has 0 bridgehead atoms. The molecule has 1 fully saturated rings. The molecule has 3 heterocycles. The molecule has 0 saturated carbocycles. The summed E-state index contributed by atoms with van der Waals surface area (Å²) in [6.07, 6.45) is 3.54. The highest BCUT2D eigenvalue weighted by molar-refractivity contribution is 5.94. The molecule has 1 amide bonds. The van der Waals surface area contributed by atoms with E-state index >= 15 is 0 Å². The summed E-state index contributed by atoms with van der Waals surface area (Å²) in [5.74, 6) is 1.09. The minimum Gasteiger partial charge on any atom is -0.352 e. The Morgan fingerprint density at radius 2 is 1.79 bits per heavy atom. The minimum atomic E-state index is -0.401. The molecule has 0 aliphatic carbocycles. The molecule has 1 aliphatic rings. The molecule has 2 aromatic carbocycles. The van der Waals surface area contributed by atoms with Crippen LogP contribution in [0, 0.1) is 5.82 Å². The Morgan fingerprint density at radius 3 is 2.52 bits per heavy atom. The van der Waals surface area contributed by atoms with Gasteiger partial charge < -0.3 is 9.80 Å². The van der Waals surface area contributed by atoms with Crippen molar-refractivity contribution in [1.82, 2.24) is 24.6 Å². The Bertz CT molecular complexity index is 1280. The van der Waals surface area contributed by atoms with Crippen LogP contribution in [0.25, 0.3) is 16.7 Å². The van der Waals surface area contributed by atoms with Gasteiger partial charge in [0.25, 0.3) is 5.91 Å². The molecule has 5 rings (SSSR count). The maximum atomic E-state index is 13.6. The van der Waals surface area contributed by atoms with Crippen LogP contribution in [0.4, 0.5) is 10.2 Å². The Morgan fingerprint density at radius 1 is 1.00 bits per heavy atom. The van der Waals surface area contributed by atoms with Crippen molar-refractivity contribution in [2.45, 2.75) is 19.8 Å². The van der Waals surface area contributed by atoms with Gasteiger partial charge >= 0.3 is 0 Å². The number of halogens is 1. The van der Waals surface area contributed by atoms with Crippen LogP contribution >= 0.6 is 0 Å². The number of rotatable bonds is 5. The van der Waals surface area contributed by atoms with E-state index in [1.807, 2.05) is 41.2 Å². The van der Waals surface area contributed by atoms with Crippen molar-refractivity contribution < 1.29 is 9.18 Å². The number of para-hydroxylation sites is 1. The normalized spacial score (nSPS) is 14.1. The van der Waals surface area contributed by atoms with Crippen LogP contribution in [0.1, 0.15) is 29.5 Å². The highest BCUT2D eigenvalue weighted by Gasteiger charge is 2.26. The van der Waals surface area contributed by atoms with Crippen molar-refractivity contribution in [2.24, 2.45) is 0 Å². The summed E-state index contributed by atoms with van der Waals surface area (Å²) in [5.41, 5.74) is 2.11. The number of amides is 1. The summed E-state index contributed by atoms with van der Waals surface area (Å²) in [7, 11) is 0. The lowest BCUT2D eigenvalue weighted by Gasteiger charge is -2.35. The van der Waals surface area contributed by atoms with E-state index < -0.39 is 5.82 Å². The van der Waals surface area contributed by atoms with E-state index in [-0.39, 0.29) is 5.91 Å². The zero-order valence-corrected chi connectivity index (χ0v) is 18.5. The molecule has 8 heteroatoms. The summed E-state index contributed by atoms with van der Waals surface area (Å²) in [6.45, 7) is 4.45. The number of piperazine rings is 1. The molecule has 33 heavy (non-hydrogen) atoms. The Labute approximate surface area is 191 Å². The number of carbonyl (C=O) groups is 1. The molecule has 2 aromatic heterocycles. The lowest BCUT2D eigenvalue weighted by molar-refractivity contribution is 0.0746. The number of nitrogens with zero attached hydrogens (tertiary/aromatic N) is 6. The largest absolute Gasteiger partial charge is 0.352 e. The molecule has 0 unspecified atom stereocenters. The summed E-state index contributed by atoms with van der Waals surface area (Å²) >= 11 is 0. The Hall–Kier alpha value is -3.81. The first-order valence-corrected chi connectivity index (χ1v) is 11.2. The van der Waals surface area contributed by atoms with Crippen LogP contribution < -0.4 is 4.90 Å². The van der Waals surface area contributed by atoms with Gasteiger partial charge in [-0.1, -0.05) is 31.2 Å². The van der Waals surface area contributed by atoms with Crippen LogP contribution in [0.2, 0.25) is 0 Å². The average molecular weight is 445 g/mol. The number of fused-ring (bicyclic) bond motifs is 1. The second-order valence-electron chi connectivity index (χ2n) is 8.13. The number of benzene rings is 2. The van der Waals surface area contributed by atoms with Gasteiger partial charge in [0.05, 0.1) is 17.3 Å². The second-order valence-corrected chi connectivity index (χ2v) is 8.13. The van der Waals surface area contributed by atoms with Crippen LogP contribution in [-0.4, -0.2) is 56.7 Å². The minimum absolute atomic E-state index is 0.148. The van der Waals surface area contributed by atoms with Gasteiger partial charge in [0.15, 0.2) is 5.65 Å². The standard InChI is InChI=1S/C25H25FN6O/c1-2-7-22-28-23(21-17-27-32(24(21)29-22)20-10-4-3-5-11-20)30-12-14-31(15-13-30)25(33)18-8-6-9-19(26)16-18/h3-6,8-11,16-17H,2,7,12-15H2,1H3. The van der Waals surface area contributed by atoms with Crippen LogP contribution in [-0.2, 0) is 6.42 Å². The highest BCUT2D eigenvalue weighted by atomic mass is 19.1. The first-order valence-electron chi connectivity index (χ1n) is 11.2. The summed E-state index contributed by atoms with van der Waals surface area (Å²) < 4.78 is 15.4. The molecule has 1 saturated heterocycles. The van der Waals surface area contributed by atoms with Crippen LogP contribution in [0.5, 0.6) is 0 Å². The number of anilines is 1.